The Labute approximate surface area is 168 Å². The lowest BCUT2D eigenvalue weighted by atomic mass is 10.1. The van der Waals surface area contributed by atoms with E-state index in [-0.39, 0.29) is 34.1 Å². The molecule has 0 saturated carbocycles. The third-order valence-electron chi connectivity index (χ3n) is 4.78. The van der Waals surface area contributed by atoms with Crippen LogP contribution in [0.5, 0.6) is 5.75 Å². The summed E-state index contributed by atoms with van der Waals surface area (Å²) in [6, 6.07) is 9.47. The van der Waals surface area contributed by atoms with Gasteiger partial charge in [0, 0.05) is 20.1 Å². The third kappa shape index (κ3) is 4.89. The molecule has 1 aliphatic heterocycles. The molecule has 0 bridgehead atoms. The monoisotopic (exact) mass is 426 g/mol. The quantitative estimate of drug-likeness (QED) is 0.651. The number of ether oxygens (including phenoxy) is 1. The summed E-state index contributed by atoms with van der Waals surface area (Å²) in [7, 11) is -2.21. The molecule has 1 fully saturated rings. The highest BCUT2D eigenvalue weighted by molar-refractivity contribution is 7.91. The predicted molar refractivity (Wildman–Crippen MR) is 105 cm³/mol. The van der Waals surface area contributed by atoms with Crippen LogP contribution in [0, 0.1) is 11.7 Å². The minimum absolute atomic E-state index is 0.182. The van der Waals surface area contributed by atoms with E-state index in [1.54, 1.807) is 34.5 Å². The number of sulfonamides is 1. The van der Waals surface area contributed by atoms with Gasteiger partial charge in [-0.3, -0.25) is 4.79 Å². The summed E-state index contributed by atoms with van der Waals surface area (Å²) in [6.45, 7) is 1.35. The van der Waals surface area contributed by atoms with Crippen molar-refractivity contribution in [3.05, 3.63) is 47.6 Å². The minimum atomic E-state index is -3.63. The lowest BCUT2D eigenvalue weighted by Gasteiger charge is -2.21. The largest absolute Gasteiger partial charge is 0.491 e. The molecule has 6 nitrogen and oxygen atoms in total. The van der Waals surface area contributed by atoms with Crippen LogP contribution >= 0.6 is 11.3 Å². The van der Waals surface area contributed by atoms with Gasteiger partial charge >= 0.3 is 0 Å². The van der Waals surface area contributed by atoms with E-state index in [1.165, 1.54) is 19.2 Å². The van der Waals surface area contributed by atoms with Crippen molar-refractivity contribution in [2.24, 2.45) is 5.92 Å². The highest BCUT2D eigenvalue weighted by atomic mass is 32.2. The maximum atomic E-state index is 13.5. The van der Waals surface area contributed by atoms with Crippen LogP contribution in [0.4, 0.5) is 4.39 Å². The van der Waals surface area contributed by atoms with Gasteiger partial charge < -0.3 is 9.64 Å². The van der Waals surface area contributed by atoms with Gasteiger partial charge in [0.1, 0.15) is 4.21 Å². The Balaban J connectivity index is 1.46. The second kappa shape index (κ2) is 9.02. The summed E-state index contributed by atoms with van der Waals surface area (Å²) < 4.78 is 45.2. The van der Waals surface area contributed by atoms with Crippen molar-refractivity contribution in [2.75, 3.05) is 33.3 Å². The van der Waals surface area contributed by atoms with Crippen molar-refractivity contribution in [2.45, 2.75) is 17.1 Å². The number of thiophene rings is 1. The van der Waals surface area contributed by atoms with E-state index >= 15 is 0 Å². The molecule has 0 N–H and O–H groups in total. The molecular formula is C19H23FN2O4S2. The van der Waals surface area contributed by atoms with Crippen molar-refractivity contribution < 1.29 is 22.3 Å². The summed E-state index contributed by atoms with van der Waals surface area (Å²) in [5.74, 6) is -0.107. The molecule has 0 radical (unpaired) electrons. The van der Waals surface area contributed by atoms with E-state index in [9.17, 15) is 17.6 Å². The second-order valence-corrected chi connectivity index (χ2v) is 9.97. The van der Waals surface area contributed by atoms with Crippen LogP contribution < -0.4 is 4.74 Å². The van der Waals surface area contributed by atoms with Gasteiger partial charge in [0.15, 0.2) is 11.6 Å². The van der Waals surface area contributed by atoms with Crippen molar-refractivity contribution >= 4 is 27.3 Å². The Morgan fingerprint density at radius 3 is 2.82 bits per heavy atom. The average molecular weight is 427 g/mol. The van der Waals surface area contributed by atoms with Gasteiger partial charge in [-0.25, -0.2) is 12.8 Å². The molecule has 152 valence electrons. The zero-order chi connectivity index (χ0) is 20.1. The van der Waals surface area contributed by atoms with Gasteiger partial charge in [-0.15, -0.1) is 11.3 Å². The number of halogens is 1. The summed E-state index contributed by atoms with van der Waals surface area (Å²) >= 11 is 1.13. The van der Waals surface area contributed by atoms with Crippen molar-refractivity contribution in [3.63, 3.8) is 0 Å². The molecule has 0 aliphatic carbocycles. The number of hydrogen-bond donors (Lipinski definition) is 0. The lowest BCUT2D eigenvalue weighted by Crippen LogP contribution is -2.40. The molecule has 2 heterocycles. The van der Waals surface area contributed by atoms with Crippen LogP contribution in [-0.4, -0.2) is 56.8 Å². The van der Waals surface area contributed by atoms with Crippen LogP contribution in [0.2, 0.25) is 0 Å². The normalized spacial score (nSPS) is 17.2. The molecule has 2 aromatic rings. The average Bonchev–Trinajstić information content (AvgIpc) is 3.35. The highest BCUT2D eigenvalue weighted by Gasteiger charge is 2.30. The molecule has 9 heteroatoms. The zero-order valence-corrected chi connectivity index (χ0v) is 17.2. The number of para-hydroxylation sites is 1. The number of hydrogen-bond acceptors (Lipinski definition) is 5. The van der Waals surface area contributed by atoms with Gasteiger partial charge in [-0.05, 0) is 42.3 Å². The first kappa shape index (κ1) is 20.8. The Morgan fingerprint density at radius 1 is 1.32 bits per heavy atom. The molecule has 1 unspecified atom stereocenters. The number of nitrogens with zero attached hydrogens (tertiary/aromatic N) is 2. The van der Waals surface area contributed by atoms with Crippen LogP contribution in [0.25, 0.3) is 0 Å². The van der Waals surface area contributed by atoms with E-state index in [0.29, 0.717) is 26.1 Å². The van der Waals surface area contributed by atoms with Crippen LogP contribution in [0.15, 0.2) is 46.0 Å². The molecule has 1 aromatic heterocycles. The zero-order valence-electron chi connectivity index (χ0n) is 15.6. The Hall–Kier alpha value is -1.97. The van der Waals surface area contributed by atoms with Gasteiger partial charge in [0.25, 0.3) is 10.0 Å². The van der Waals surface area contributed by atoms with Gasteiger partial charge in [0.05, 0.1) is 13.2 Å². The summed E-state index contributed by atoms with van der Waals surface area (Å²) in [5, 5.41) is 1.69. The predicted octanol–water partition coefficient (Wildman–Crippen LogP) is 2.83. The van der Waals surface area contributed by atoms with Crippen LogP contribution in [0.3, 0.4) is 0 Å². The minimum Gasteiger partial charge on any atom is -0.491 e. The first-order chi connectivity index (χ1) is 13.4. The number of likely N-dealkylation sites (tertiary alicyclic amines) is 1. The van der Waals surface area contributed by atoms with Gasteiger partial charge in [-0.1, -0.05) is 18.2 Å². The van der Waals surface area contributed by atoms with Crippen LogP contribution in [-0.2, 0) is 14.8 Å². The summed E-state index contributed by atoms with van der Waals surface area (Å²) in [4.78, 5) is 14.2. The fourth-order valence-corrected chi connectivity index (χ4v) is 5.45. The number of rotatable bonds is 8. The third-order valence-corrected chi connectivity index (χ3v) is 7.95. The summed E-state index contributed by atoms with van der Waals surface area (Å²) in [6.07, 6.45) is 1.54. The molecular weight excluding hydrogens is 403 g/mol. The Kier molecular flexibility index (Phi) is 6.69. The fourth-order valence-electron chi connectivity index (χ4n) is 3.13. The van der Waals surface area contributed by atoms with E-state index in [4.69, 9.17) is 4.74 Å². The maximum absolute atomic E-state index is 13.5. The number of amides is 1. The second-order valence-electron chi connectivity index (χ2n) is 6.76. The number of likely N-dealkylation sites (N-methyl/N-ethyl adjacent to an activating group) is 1. The van der Waals surface area contributed by atoms with Gasteiger partial charge in [-0.2, -0.15) is 4.31 Å². The van der Waals surface area contributed by atoms with Crippen LogP contribution in [0.1, 0.15) is 12.8 Å². The number of benzene rings is 1. The molecule has 28 heavy (non-hydrogen) atoms. The number of carbonyl (C=O) groups excluding carboxylic acids is 1. The SMILES string of the molecule is CN(CC(=O)N1CCC(CCOc2ccccc2F)C1)S(=O)(=O)c1cccs1. The van der Waals surface area contributed by atoms with Crippen molar-refractivity contribution in [3.8, 4) is 5.75 Å². The van der Waals surface area contributed by atoms with E-state index < -0.39 is 10.0 Å². The summed E-state index contributed by atoms with van der Waals surface area (Å²) in [5.41, 5.74) is 0. The Morgan fingerprint density at radius 2 is 2.11 bits per heavy atom. The van der Waals surface area contributed by atoms with Gasteiger partial charge in [0.2, 0.25) is 5.91 Å². The smallest absolute Gasteiger partial charge is 0.252 e. The van der Waals surface area contributed by atoms with Crippen molar-refractivity contribution in [1.82, 2.24) is 9.21 Å². The van der Waals surface area contributed by atoms with E-state index in [1.807, 2.05) is 0 Å². The maximum Gasteiger partial charge on any atom is 0.252 e. The number of carbonyl (C=O) groups is 1. The molecule has 1 aromatic carbocycles. The molecule has 1 amide bonds. The van der Waals surface area contributed by atoms with E-state index in [0.717, 1.165) is 22.1 Å². The first-order valence-electron chi connectivity index (χ1n) is 9.03. The molecule has 1 aliphatic rings. The molecule has 3 rings (SSSR count). The molecule has 0 spiro atoms. The highest BCUT2D eigenvalue weighted by Crippen LogP contribution is 2.23. The molecule has 1 atom stereocenters. The fraction of sp³-hybridized carbons (Fsp3) is 0.421. The standard InChI is InChI=1S/C19H23FN2O4S2/c1-21(28(24,25)19-7-4-12-27-19)14-18(23)22-10-8-15(13-22)9-11-26-17-6-3-2-5-16(17)20/h2-7,12,15H,8-11,13-14H2,1H3. The Bertz CT molecular complexity index is 902. The molecule has 1 saturated heterocycles. The van der Waals surface area contributed by atoms with Crippen molar-refractivity contribution in [1.29, 1.82) is 0 Å². The lowest BCUT2D eigenvalue weighted by molar-refractivity contribution is -0.130. The topological polar surface area (TPSA) is 66.9 Å². The van der Waals surface area contributed by atoms with E-state index in [2.05, 4.69) is 0 Å². The first-order valence-corrected chi connectivity index (χ1v) is 11.3.